The van der Waals surface area contributed by atoms with Gasteiger partial charge in [0.15, 0.2) is 0 Å². The second kappa shape index (κ2) is 3.71. The Morgan fingerprint density at radius 1 is 1.73 bits per heavy atom. The van der Waals surface area contributed by atoms with Crippen molar-refractivity contribution in [1.29, 1.82) is 0 Å². The molecule has 0 aliphatic carbocycles. The van der Waals surface area contributed by atoms with Crippen molar-refractivity contribution in [2.24, 2.45) is 0 Å². The number of tetrazole rings is 1. The van der Waals surface area contributed by atoms with Crippen molar-refractivity contribution in [2.45, 2.75) is 6.54 Å². The summed E-state index contributed by atoms with van der Waals surface area (Å²) in [4.78, 5) is 10.0. The fraction of sp³-hybridized carbons (Fsp3) is 0.333. The van der Waals surface area contributed by atoms with Gasteiger partial charge in [0, 0.05) is 0 Å². The van der Waals surface area contributed by atoms with Gasteiger partial charge in [-0.25, -0.2) is 4.68 Å². The van der Waals surface area contributed by atoms with Crippen molar-refractivity contribution in [3.05, 3.63) is 0 Å². The van der Waals surface area contributed by atoms with Gasteiger partial charge in [-0.3, -0.25) is 4.79 Å². The average molecular weight is 180 g/mol. The van der Waals surface area contributed by atoms with Crippen molar-refractivity contribution in [3.8, 4) is 0 Å². The Labute approximate surface area is 67.6 Å². The predicted octanol–water partition coefficient (Wildman–Crippen LogP) is -1.24. The van der Waals surface area contributed by atoms with Crippen LogP contribution < -0.4 is 5.73 Å². The molecule has 0 radical (unpaired) electrons. The minimum absolute atomic E-state index is 0. The van der Waals surface area contributed by atoms with Gasteiger partial charge in [0.25, 0.3) is 0 Å². The Balaban J connectivity index is 0.000001000. The monoisotopic (exact) mass is 179 g/mol. The van der Waals surface area contributed by atoms with E-state index < -0.39 is 5.97 Å². The van der Waals surface area contributed by atoms with E-state index in [0.29, 0.717) is 0 Å². The molecule has 7 nitrogen and oxygen atoms in total. The topological polar surface area (TPSA) is 107 Å². The molecular weight excluding hydrogens is 174 g/mol. The molecule has 0 fully saturated rings. The first-order valence-corrected chi connectivity index (χ1v) is 2.43. The summed E-state index contributed by atoms with van der Waals surface area (Å²) in [7, 11) is 0. The van der Waals surface area contributed by atoms with Gasteiger partial charge >= 0.3 is 5.97 Å². The lowest BCUT2D eigenvalue weighted by Crippen LogP contribution is -2.12. The smallest absolute Gasteiger partial charge is 0.325 e. The van der Waals surface area contributed by atoms with Crippen LogP contribution in [0.1, 0.15) is 0 Å². The van der Waals surface area contributed by atoms with Gasteiger partial charge in [-0.15, -0.1) is 12.4 Å². The number of rotatable bonds is 2. The molecule has 1 heterocycles. The van der Waals surface area contributed by atoms with Gasteiger partial charge in [-0.1, -0.05) is 5.10 Å². The van der Waals surface area contributed by atoms with Crippen molar-refractivity contribution in [1.82, 2.24) is 20.2 Å². The van der Waals surface area contributed by atoms with E-state index in [2.05, 4.69) is 15.5 Å². The zero-order valence-electron chi connectivity index (χ0n) is 5.34. The Hall–Kier alpha value is -1.37. The second-order valence-corrected chi connectivity index (χ2v) is 1.59. The maximum absolute atomic E-state index is 10.0. The van der Waals surface area contributed by atoms with Gasteiger partial charge < -0.3 is 10.8 Å². The number of carboxylic acids is 1. The SMILES string of the molecule is Cl.Nc1nnnn1CC(=O)O. The summed E-state index contributed by atoms with van der Waals surface area (Å²) in [5.74, 6) is -1.03. The quantitative estimate of drug-likeness (QED) is 0.588. The number of halogens is 1. The molecule has 0 amide bonds. The Morgan fingerprint density at radius 3 is 2.73 bits per heavy atom. The number of hydrogen-bond acceptors (Lipinski definition) is 5. The van der Waals surface area contributed by atoms with E-state index in [1.165, 1.54) is 0 Å². The molecule has 1 rings (SSSR count). The second-order valence-electron chi connectivity index (χ2n) is 1.59. The summed E-state index contributed by atoms with van der Waals surface area (Å²) in [6.07, 6.45) is 0. The van der Waals surface area contributed by atoms with Gasteiger partial charge in [0.2, 0.25) is 5.95 Å². The highest BCUT2D eigenvalue weighted by molar-refractivity contribution is 5.85. The van der Waals surface area contributed by atoms with E-state index in [-0.39, 0.29) is 24.9 Å². The first kappa shape index (κ1) is 9.63. The number of aromatic nitrogens is 4. The summed E-state index contributed by atoms with van der Waals surface area (Å²) in [6.45, 7) is -0.307. The van der Waals surface area contributed by atoms with Crippen LogP contribution in [0.25, 0.3) is 0 Å². The van der Waals surface area contributed by atoms with Crippen molar-refractivity contribution in [2.75, 3.05) is 5.73 Å². The highest BCUT2D eigenvalue weighted by Crippen LogP contribution is 1.89. The molecule has 0 spiro atoms. The van der Waals surface area contributed by atoms with E-state index in [4.69, 9.17) is 10.8 Å². The van der Waals surface area contributed by atoms with Crippen LogP contribution in [0.4, 0.5) is 5.95 Å². The summed E-state index contributed by atoms with van der Waals surface area (Å²) in [5, 5.41) is 18.0. The zero-order valence-corrected chi connectivity index (χ0v) is 6.15. The lowest BCUT2D eigenvalue weighted by Gasteiger charge is -1.92. The number of nitrogens with zero attached hydrogens (tertiary/aromatic N) is 4. The van der Waals surface area contributed by atoms with Crippen LogP contribution in [0, 0.1) is 0 Å². The van der Waals surface area contributed by atoms with Gasteiger partial charge in [0.1, 0.15) is 6.54 Å². The largest absolute Gasteiger partial charge is 0.480 e. The molecule has 0 bridgehead atoms. The summed E-state index contributed by atoms with van der Waals surface area (Å²) in [5.41, 5.74) is 5.15. The Morgan fingerprint density at radius 2 is 2.36 bits per heavy atom. The number of aliphatic carboxylic acids is 1. The van der Waals surface area contributed by atoms with Crippen LogP contribution in [0.5, 0.6) is 0 Å². The number of carbonyl (C=O) groups is 1. The molecule has 1 aromatic heterocycles. The maximum atomic E-state index is 10.0. The van der Waals surface area contributed by atoms with Crippen molar-refractivity contribution < 1.29 is 9.90 Å². The van der Waals surface area contributed by atoms with Gasteiger partial charge in [-0.2, -0.15) is 0 Å². The Kier molecular flexibility index (Phi) is 3.25. The number of nitrogens with two attached hydrogens (primary N) is 1. The third kappa shape index (κ3) is 2.38. The third-order valence-corrected chi connectivity index (χ3v) is 0.845. The van der Waals surface area contributed by atoms with Crippen LogP contribution in [0.2, 0.25) is 0 Å². The standard InChI is InChI=1S/C3H5N5O2.ClH/c4-3-5-6-7-8(3)1-2(9)10;/h1H2,(H,9,10)(H2,4,5,7);1H. The minimum atomic E-state index is -1.03. The molecule has 62 valence electrons. The van der Waals surface area contributed by atoms with Crippen LogP contribution in [-0.2, 0) is 11.3 Å². The molecule has 0 saturated carbocycles. The fourth-order valence-electron chi connectivity index (χ4n) is 0.452. The summed E-state index contributed by atoms with van der Waals surface area (Å²) >= 11 is 0. The highest BCUT2D eigenvalue weighted by atomic mass is 35.5. The van der Waals surface area contributed by atoms with Crippen LogP contribution in [0.15, 0.2) is 0 Å². The summed E-state index contributed by atoms with van der Waals surface area (Å²) < 4.78 is 0.988. The fourth-order valence-corrected chi connectivity index (χ4v) is 0.452. The van der Waals surface area contributed by atoms with Crippen LogP contribution in [0.3, 0.4) is 0 Å². The van der Waals surface area contributed by atoms with E-state index in [9.17, 15) is 4.79 Å². The molecule has 0 aliphatic rings. The lowest BCUT2D eigenvalue weighted by molar-refractivity contribution is -0.137. The molecule has 11 heavy (non-hydrogen) atoms. The molecule has 0 unspecified atom stereocenters. The highest BCUT2D eigenvalue weighted by Gasteiger charge is 2.03. The molecule has 0 aromatic carbocycles. The van der Waals surface area contributed by atoms with E-state index in [1.807, 2.05) is 0 Å². The molecule has 0 aliphatic heterocycles. The molecule has 1 aromatic rings. The molecule has 3 N–H and O–H groups in total. The minimum Gasteiger partial charge on any atom is -0.480 e. The summed E-state index contributed by atoms with van der Waals surface area (Å²) in [6, 6.07) is 0. The van der Waals surface area contributed by atoms with Crippen LogP contribution >= 0.6 is 12.4 Å². The number of nitrogen functional groups attached to an aromatic ring is 1. The number of hydrogen-bond donors (Lipinski definition) is 2. The van der Waals surface area contributed by atoms with E-state index in [0.717, 1.165) is 4.68 Å². The molecule has 0 atom stereocenters. The zero-order chi connectivity index (χ0) is 7.56. The first-order valence-electron chi connectivity index (χ1n) is 2.43. The number of anilines is 1. The lowest BCUT2D eigenvalue weighted by atomic mass is 10.7. The predicted molar refractivity (Wildman–Crippen MR) is 37.1 cm³/mol. The molecule has 0 saturated heterocycles. The van der Waals surface area contributed by atoms with Crippen molar-refractivity contribution in [3.63, 3.8) is 0 Å². The third-order valence-electron chi connectivity index (χ3n) is 0.845. The maximum Gasteiger partial charge on any atom is 0.325 e. The molecule has 8 heteroatoms. The number of carboxylic acid groups (broad SMARTS) is 1. The van der Waals surface area contributed by atoms with Gasteiger partial charge in [-0.05, 0) is 10.4 Å². The van der Waals surface area contributed by atoms with Crippen molar-refractivity contribution >= 4 is 24.3 Å². The van der Waals surface area contributed by atoms with Crippen LogP contribution in [-0.4, -0.2) is 31.3 Å². The first-order chi connectivity index (χ1) is 4.70. The molecular formula is C3H6ClN5O2. The Bertz CT molecular complexity index is 248. The van der Waals surface area contributed by atoms with E-state index in [1.54, 1.807) is 0 Å². The average Bonchev–Trinajstić information content (AvgIpc) is 2.15. The normalized spacial score (nSPS) is 8.73. The van der Waals surface area contributed by atoms with Gasteiger partial charge in [0.05, 0.1) is 0 Å². The van der Waals surface area contributed by atoms with E-state index >= 15 is 0 Å².